The van der Waals surface area contributed by atoms with E-state index in [1.54, 1.807) is 18.5 Å². The number of nitrogens with two attached hydrogens (primary N) is 1. The highest BCUT2D eigenvalue weighted by Gasteiger charge is 2.10. The summed E-state index contributed by atoms with van der Waals surface area (Å²) in [7, 11) is 0. The fourth-order valence-electron chi connectivity index (χ4n) is 1.38. The lowest BCUT2D eigenvalue weighted by atomic mass is 10.1. The van der Waals surface area contributed by atoms with Crippen molar-refractivity contribution in [2.75, 3.05) is 0 Å². The lowest BCUT2D eigenvalue weighted by Gasteiger charge is -2.11. The quantitative estimate of drug-likeness (QED) is 0.863. The molecule has 0 saturated heterocycles. The van der Waals surface area contributed by atoms with Crippen LogP contribution in [-0.4, -0.2) is 9.97 Å². The van der Waals surface area contributed by atoms with Crippen LogP contribution in [0, 0.1) is 5.82 Å². The van der Waals surface area contributed by atoms with Gasteiger partial charge in [0.2, 0.25) is 0 Å². The van der Waals surface area contributed by atoms with E-state index in [9.17, 15) is 4.39 Å². The van der Waals surface area contributed by atoms with Gasteiger partial charge in [0.05, 0.1) is 0 Å². The number of hydrogen-bond acceptors (Lipinski definition) is 3. The van der Waals surface area contributed by atoms with Crippen LogP contribution >= 0.6 is 11.8 Å². The summed E-state index contributed by atoms with van der Waals surface area (Å²) in [6, 6.07) is 4.42. The van der Waals surface area contributed by atoms with Gasteiger partial charge in [-0.3, -0.25) is 0 Å². The van der Waals surface area contributed by atoms with E-state index in [1.165, 1.54) is 23.9 Å². The van der Waals surface area contributed by atoms with E-state index in [2.05, 4.69) is 9.97 Å². The van der Waals surface area contributed by atoms with Crippen molar-refractivity contribution in [1.82, 2.24) is 9.97 Å². The first-order valence-electron chi connectivity index (χ1n) is 4.89. The molecule has 5 heteroatoms. The average Bonchev–Trinajstić information content (AvgIpc) is 2.73. The fraction of sp³-hybridized carbons (Fsp3) is 0.182. The van der Waals surface area contributed by atoms with E-state index < -0.39 is 0 Å². The molecule has 0 amide bonds. The largest absolute Gasteiger partial charge is 0.339 e. The van der Waals surface area contributed by atoms with Crippen molar-refractivity contribution in [3.8, 4) is 0 Å². The fourth-order valence-corrected chi connectivity index (χ4v) is 2.33. The van der Waals surface area contributed by atoms with Crippen LogP contribution < -0.4 is 5.73 Å². The summed E-state index contributed by atoms with van der Waals surface area (Å²) < 4.78 is 13.1. The molecule has 84 valence electrons. The van der Waals surface area contributed by atoms with Gasteiger partial charge in [-0.1, -0.05) is 11.8 Å². The summed E-state index contributed by atoms with van der Waals surface area (Å²) in [6.45, 7) is 1.83. The van der Waals surface area contributed by atoms with Crippen LogP contribution in [0.4, 0.5) is 4.39 Å². The molecule has 1 aromatic heterocycles. The van der Waals surface area contributed by atoms with Crippen molar-refractivity contribution in [3.63, 3.8) is 0 Å². The third-order valence-electron chi connectivity index (χ3n) is 2.14. The Labute approximate surface area is 97.3 Å². The molecule has 1 aromatic carbocycles. The van der Waals surface area contributed by atoms with Crippen molar-refractivity contribution in [2.45, 2.75) is 23.0 Å². The zero-order valence-electron chi connectivity index (χ0n) is 8.77. The standard InChI is InChI=1S/C11H12FN3S/c1-7(13)9-6-8(12)2-3-10(9)16-11-14-4-5-15-11/h2-7H,13H2,1H3,(H,14,15)/t7-/m0/s1. The molecule has 1 atom stereocenters. The minimum Gasteiger partial charge on any atom is -0.339 e. The first-order valence-corrected chi connectivity index (χ1v) is 5.70. The normalized spacial score (nSPS) is 12.7. The molecule has 2 rings (SSSR count). The maximum absolute atomic E-state index is 13.1. The Morgan fingerprint density at radius 3 is 2.94 bits per heavy atom. The van der Waals surface area contributed by atoms with Crippen LogP contribution in [0.25, 0.3) is 0 Å². The first-order chi connectivity index (χ1) is 7.66. The van der Waals surface area contributed by atoms with Gasteiger partial charge in [0.15, 0.2) is 5.16 Å². The van der Waals surface area contributed by atoms with Gasteiger partial charge < -0.3 is 10.7 Å². The minimum atomic E-state index is -0.268. The van der Waals surface area contributed by atoms with Gasteiger partial charge in [-0.05, 0) is 30.7 Å². The van der Waals surface area contributed by atoms with Gasteiger partial charge in [-0.15, -0.1) is 0 Å². The van der Waals surface area contributed by atoms with E-state index in [4.69, 9.17) is 5.73 Å². The van der Waals surface area contributed by atoms with E-state index in [0.717, 1.165) is 15.6 Å². The molecule has 0 bridgehead atoms. The number of aromatic nitrogens is 2. The summed E-state index contributed by atoms with van der Waals surface area (Å²) in [5.41, 5.74) is 6.59. The Kier molecular flexibility index (Phi) is 3.26. The number of hydrogen-bond donors (Lipinski definition) is 2. The lowest BCUT2D eigenvalue weighted by molar-refractivity contribution is 0.619. The predicted molar refractivity (Wildman–Crippen MR) is 61.7 cm³/mol. The Morgan fingerprint density at radius 1 is 1.50 bits per heavy atom. The van der Waals surface area contributed by atoms with Gasteiger partial charge in [-0.2, -0.15) is 0 Å². The number of imidazole rings is 1. The number of nitrogens with zero attached hydrogens (tertiary/aromatic N) is 1. The Morgan fingerprint density at radius 2 is 2.31 bits per heavy atom. The predicted octanol–water partition coefficient (Wildman–Crippen LogP) is 2.72. The van der Waals surface area contributed by atoms with E-state index in [-0.39, 0.29) is 11.9 Å². The second kappa shape index (κ2) is 4.67. The molecule has 0 unspecified atom stereocenters. The Balaban J connectivity index is 2.33. The number of halogens is 1. The molecule has 3 nitrogen and oxygen atoms in total. The highest BCUT2D eigenvalue weighted by Crippen LogP contribution is 2.31. The Bertz CT molecular complexity index is 468. The van der Waals surface area contributed by atoms with Gasteiger partial charge >= 0.3 is 0 Å². The van der Waals surface area contributed by atoms with Crippen molar-refractivity contribution >= 4 is 11.8 Å². The molecule has 0 radical (unpaired) electrons. The number of nitrogens with one attached hydrogen (secondary N) is 1. The zero-order chi connectivity index (χ0) is 11.5. The monoisotopic (exact) mass is 237 g/mol. The summed E-state index contributed by atoms with van der Waals surface area (Å²) >= 11 is 1.44. The highest BCUT2D eigenvalue weighted by molar-refractivity contribution is 7.99. The van der Waals surface area contributed by atoms with Crippen LogP contribution in [0.1, 0.15) is 18.5 Å². The summed E-state index contributed by atoms with van der Waals surface area (Å²) in [4.78, 5) is 8.01. The van der Waals surface area contributed by atoms with Gasteiger partial charge in [-0.25, -0.2) is 9.37 Å². The van der Waals surface area contributed by atoms with Crippen LogP contribution in [0.2, 0.25) is 0 Å². The molecule has 1 heterocycles. The maximum atomic E-state index is 13.1. The molecule has 0 spiro atoms. The molecule has 0 fully saturated rings. The molecule has 0 aliphatic carbocycles. The second-order valence-corrected chi connectivity index (χ2v) is 4.50. The van der Waals surface area contributed by atoms with Crippen LogP contribution in [-0.2, 0) is 0 Å². The number of rotatable bonds is 3. The summed E-state index contributed by atoms with van der Waals surface area (Å²) in [5.74, 6) is -0.268. The summed E-state index contributed by atoms with van der Waals surface area (Å²) in [6.07, 6.45) is 3.43. The maximum Gasteiger partial charge on any atom is 0.170 e. The third kappa shape index (κ3) is 2.43. The molecule has 0 saturated carbocycles. The zero-order valence-corrected chi connectivity index (χ0v) is 9.59. The topological polar surface area (TPSA) is 54.7 Å². The minimum absolute atomic E-state index is 0.201. The van der Waals surface area contributed by atoms with Crippen molar-refractivity contribution in [1.29, 1.82) is 0 Å². The smallest absolute Gasteiger partial charge is 0.170 e. The highest BCUT2D eigenvalue weighted by atomic mass is 32.2. The molecule has 16 heavy (non-hydrogen) atoms. The molecular formula is C11H12FN3S. The van der Waals surface area contributed by atoms with E-state index in [0.29, 0.717) is 0 Å². The first kappa shape index (κ1) is 11.2. The number of H-pyrrole nitrogens is 1. The number of aromatic amines is 1. The van der Waals surface area contributed by atoms with Crippen molar-refractivity contribution in [3.05, 3.63) is 42.0 Å². The molecule has 2 aromatic rings. The molecule has 3 N–H and O–H groups in total. The third-order valence-corrected chi connectivity index (χ3v) is 3.15. The van der Waals surface area contributed by atoms with Gasteiger partial charge in [0.25, 0.3) is 0 Å². The lowest BCUT2D eigenvalue weighted by Crippen LogP contribution is -2.06. The Hall–Kier alpha value is -1.33. The number of benzene rings is 1. The average molecular weight is 237 g/mol. The van der Waals surface area contributed by atoms with Crippen LogP contribution in [0.3, 0.4) is 0 Å². The van der Waals surface area contributed by atoms with E-state index in [1.807, 2.05) is 6.92 Å². The van der Waals surface area contributed by atoms with Gasteiger partial charge in [0.1, 0.15) is 5.82 Å². The van der Waals surface area contributed by atoms with Crippen molar-refractivity contribution in [2.24, 2.45) is 5.73 Å². The SMILES string of the molecule is C[C@H](N)c1cc(F)ccc1Sc1ncc[nH]1. The van der Waals surface area contributed by atoms with E-state index >= 15 is 0 Å². The second-order valence-electron chi connectivity index (χ2n) is 3.47. The van der Waals surface area contributed by atoms with Gasteiger partial charge in [0, 0.05) is 23.3 Å². The van der Waals surface area contributed by atoms with Crippen LogP contribution in [0.15, 0.2) is 40.6 Å². The summed E-state index contributed by atoms with van der Waals surface area (Å²) in [5, 5.41) is 0.772. The molecule has 0 aliphatic rings. The van der Waals surface area contributed by atoms with Crippen LogP contribution in [0.5, 0.6) is 0 Å². The van der Waals surface area contributed by atoms with Crippen molar-refractivity contribution < 1.29 is 4.39 Å². The molecular weight excluding hydrogens is 225 g/mol. The molecule has 0 aliphatic heterocycles.